The quantitative estimate of drug-likeness (QED) is 0.614. The SMILES string of the molecule is O=c1cnc2ccc(F)cc2n1CCN1CCC(NCc2ncc3c(n2)OCCO3)CC1. The van der Waals surface area contributed by atoms with Crippen LogP contribution in [0.5, 0.6) is 11.6 Å². The molecule has 2 aliphatic heterocycles. The summed E-state index contributed by atoms with van der Waals surface area (Å²) in [5.41, 5.74) is 0.947. The van der Waals surface area contributed by atoms with Gasteiger partial charge in [0.2, 0.25) is 0 Å². The second kappa shape index (κ2) is 9.17. The van der Waals surface area contributed by atoms with Crippen LogP contribution in [0.25, 0.3) is 11.0 Å². The van der Waals surface area contributed by atoms with E-state index >= 15 is 0 Å². The van der Waals surface area contributed by atoms with E-state index in [1.54, 1.807) is 16.8 Å². The topological polar surface area (TPSA) is 94.4 Å². The summed E-state index contributed by atoms with van der Waals surface area (Å²) in [5.74, 6) is 1.43. The first-order valence-corrected chi connectivity index (χ1v) is 10.9. The van der Waals surface area contributed by atoms with Gasteiger partial charge in [0, 0.05) is 19.1 Å². The van der Waals surface area contributed by atoms with Crippen molar-refractivity contribution in [1.82, 2.24) is 29.7 Å². The maximum absolute atomic E-state index is 13.7. The third-order valence-electron chi connectivity index (χ3n) is 5.94. The van der Waals surface area contributed by atoms with Crippen LogP contribution in [0.4, 0.5) is 4.39 Å². The molecular weight excluding hydrogens is 415 g/mol. The van der Waals surface area contributed by atoms with Gasteiger partial charge in [-0.25, -0.2) is 14.4 Å². The molecule has 0 spiro atoms. The summed E-state index contributed by atoms with van der Waals surface area (Å²) < 4.78 is 26.3. The molecule has 0 aliphatic carbocycles. The van der Waals surface area contributed by atoms with E-state index in [1.165, 1.54) is 18.3 Å². The Kier molecular flexibility index (Phi) is 5.95. The first-order valence-electron chi connectivity index (χ1n) is 10.9. The number of ether oxygens (including phenoxy) is 2. The van der Waals surface area contributed by atoms with Gasteiger partial charge in [0.25, 0.3) is 11.4 Å². The number of likely N-dealkylation sites (tertiary alicyclic amines) is 1. The molecule has 2 aliphatic rings. The van der Waals surface area contributed by atoms with Crippen molar-refractivity contribution >= 4 is 11.0 Å². The Balaban J connectivity index is 1.13. The lowest BCUT2D eigenvalue weighted by molar-refractivity contribution is 0.162. The summed E-state index contributed by atoms with van der Waals surface area (Å²) in [4.78, 5) is 27.5. The largest absolute Gasteiger partial charge is 0.483 e. The number of hydrogen-bond acceptors (Lipinski definition) is 8. The lowest BCUT2D eigenvalue weighted by atomic mass is 10.1. The zero-order chi connectivity index (χ0) is 21.9. The molecule has 10 heteroatoms. The minimum Gasteiger partial charge on any atom is -0.483 e. The summed E-state index contributed by atoms with van der Waals surface area (Å²) in [6.45, 7) is 4.68. The molecule has 9 nitrogen and oxygen atoms in total. The average molecular weight is 440 g/mol. The molecule has 5 rings (SSSR count). The number of halogens is 1. The smallest absolute Gasteiger partial charge is 0.269 e. The van der Waals surface area contributed by atoms with E-state index in [2.05, 4.69) is 25.2 Å². The van der Waals surface area contributed by atoms with Gasteiger partial charge in [0.05, 0.1) is 30.0 Å². The van der Waals surface area contributed by atoms with Crippen molar-refractivity contribution in [2.75, 3.05) is 32.8 Å². The fourth-order valence-electron chi connectivity index (χ4n) is 4.17. The lowest BCUT2D eigenvalue weighted by Gasteiger charge is -2.32. The molecule has 0 bridgehead atoms. The highest BCUT2D eigenvalue weighted by Crippen LogP contribution is 2.26. The number of rotatable bonds is 6. The van der Waals surface area contributed by atoms with Crippen LogP contribution in [0, 0.1) is 5.82 Å². The predicted molar refractivity (Wildman–Crippen MR) is 115 cm³/mol. The fraction of sp³-hybridized carbons (Fsp3) is 0.455. The van der Waals surface area contributed by atoms with Crippen LogP contribution >= 0.6 is 0 Å². The van der Waals surface area contributed by atoms with Crippen LogP contribution in [0.15, 0.2) is 35.4 Å². The van der Waals surface area contributed by atoms with E-state index < -0.39 is 0 Å². The minimum atomic E-state index is -0.368. The van der Waals surface area contributed by atoms with Crippen LogP contribution in [0.1, 0.15) is 18.7 Å². The monoisotopic (exact) mass is 440 g/mol. The highest BCUT2D eigenvalue weighted by Gasteiger charge is 2.20. The van der Waals surface area contributed by atoms with Gasteiger partial charge in [-0.15, -0.1) is 0 Å². The number of nitrogens with one attached hydrogen (secondary N) is 1. The Bertz CT molecular complexity index is 1160. The van der Waals surface area contributed by atoms with E-state index in [0.29, 0.717) is 60.8 Å². The van der Waals surface area contributed by atoms with Crippen LogP contribution in [0.3, 0.4) is 0 Å². The standard InChI is InChI=1S/C22H25FN6O3/c23-15-1-2-17-18(11-15)29(21(30)14-25-17)8-7-28-5-3-16(4-6-28)24-13-20-26-12-19-22(27-20)32-10-9-31-19/h1-2,11-12,14,16,24H,3-10,13H2. The van der Waals surface area contributed by atoms with Crippen LogP contribution < -0.4 is 20.3 Å². The third-order valence-corrected chi connectivity index (χ3v) is 5.94. The summed E-state index contributed by atoms with van der Waals surface area (Å²) in [7, 11) is 0. The number of nitrogens with zero attached hydrogens (tertiary/aromatic N) is 5. The van der Waals surface area contributed by atoms with Crippen LogP contribution in [0.2, 0.25) is 0 Å². The third kappa shape index (κ3) is 4.56. The van der Waals surface area contributed by atoms with Gasteiger partial charge in [-0.2, -0.15) is 4.98 Å². The summed E-state index contributed by atoms with van der Waals surface area (Å²) >= 11 is 0. The Morgan fingerprint density at radius 1 is 1.09 bits per heavy atom. The Morgan fingerprint density at radius 2 is 1.94 bits per heavy atom. The van der Waals surface area contributed by atoms with E-state index in [1.807, 2.05) is 0 Å². The Morgan fingerprint density at radius 3 is 2.81 bits per heavy atom. The van der Waals surface area contributed by atoms with Crippen molar-refractivity contribution < 1.29 is 13.9 Å². The normalized spacial score (nSPS) is 17.0. The summed E-state index contributed by atoms with van der Waals surface area (Å²) in [6.07, 6.45) is 4.95. The molecule has 0 saturated carbocycles. The Hall–Kier alpha value is -3.11. The van der Waals surface area contributed by atoms with Crippen molar-refractivity contribution in [2.24, 2.45) is 0 Å². The fourth-order valence-corrected chi connectivity index (χ4v) is 4.17. The van der Waals surface area contributed by atoms with Crippen molar-refractivity contribution in [3.8, 4) is 11.6 Å². The van der Waals surface area contributed by atoms with Crippen LogP contribution in [-0.2, 0) is 13.1 Å². The number of hydrogen-bond donors (Lipinski definition) is 1. The van der Waals surface area contributed by atoms with E-state index in [-0.39, 0.29) is 11.4 Å². The second-order valence-corrected chi connectivity index (χ2v) is 8.03. The van der Waals surface area contributed by atoms with Gasteiger partial charge < -0.3 is 24.3 Å². The van der Waals surface area contributed by atoms with Crippen molar-refractivity contribution in [2.45, 2.75) is 32.0 Å². The highest BCUT2D eigenvalue weighted by molar-refractivity contribution is 5.74. The number of piperidine rings is 1. The average Bonchev–Trinajstić information content (AvgIpc) is 2.82. The molecular formula is C22H25FN6O3. The number of aromatic nitrogens is 4. The van der Waals surface area contributed by atoms with E-state index in [9.17, 15) is 9.18 Å². The Labute approximate surface area is 184 Å². The number of fused-ring (bicyclic) bond motifs is 2. The molecule has 4 heterocycles. The van der Waals surface area contributed by atoms with Gasteiger partial charge in [-0.1, -0.05) is 0 Å². The molecule has 3 aromatic rings. The predicted octanol–water partition coefficient (Wildman–Crippen LogP) is 1.35. The molecule has 1 fully saturated rings. The lowest BCUT2D eigenvalue weighted by Crippen LogP contribution is -2.43. The van der Waals surface area contributed by atoms with Gasteiger partial charge >= 0.3 is 0 Å². The first-order chi connectivity index (χ1) is 15.7. The van der Waals surface area contributed by atoms with Crippen molar-refractivity contribution in [1.29, 1.82) is 0 Å². The minimum absolute atomic E-state index is 0.209. The number of benzene rings is 1. The molecule has 1 aromatic carbocycles. The molecule has 0 atom stereocenters. The zero-order valence-electron chi connectivity index (χ0n) is 17.7. The maximum Gasteiger partial charge on any atom is 0.269 e. The van der Waals surface area contributed by atoms with E-state index in [0.717, 1.165) is 32.5 Å². The second-order valence-electron chi connectivity index (χ2n) is 8.03. The van der Waals surface area contributed by atoms with Gasteiger partial charge in [0.15, 0.2) is 5.75 Å². The van der Waals surface area contributed by atoms with E-state index in [4.69, 9.17) is 9.47 Å². The molecule has 168 valence electrons. The molecule has 1 N–H and O–H groups in total. The highest BCUT2D eigenvalue weighted by atomic mass is 19.1. The molecule has 32 heavy (non-hydrogen) atoms. The summed E-state index contributed by atoms with van der Waals surface area (Å²) in [5, 5.41) is 3.53. The summed E-state index contributed by atoms with van der Waals surface area (Å²) in [6, 6.07) is 4.71. The van der Waals surface area contributed by atoms with Gasteiger partial charge in [-0.3, -0.25) is 4.79 Å². The van der Waals surface area contributed by atoms with Gasteiger partial charge in [0.1, 0.15) is 24.9 Å². The molecule has 1 saturated heterocycles. The van der Waals surface area contributed by atoms with Crippen LogP contribution in [-0.4, -0.2) is 63.3 Å². The van der Waals surface area contributed by atoms with Gasteiger partial charge in [-0.05, 0) is 44.1 Å². The first kappa shape index (κ1) is 20.8. The molecule has 2 aromatic heterocycles. The molecule has 0 unspecified atom stereocenters. The van der Waals surface area contributed by atoms with Crippen molar-refractivity contribution in [3.63, 3.8) is 0 Å². The molecule has 0 amide bonds. The molecule has 0 radical (unpaired) electrons. The van der Waals surface area contributed by atoms with Crippen molar-refractivity contribution in [3.05, 3.63) is 52.6 Å². The zero-order valence-corrected chi connectivity index (χ0v) is 17.7. The maximum atomic E-state index is 13.7.